The van der Waals surface area contributed by atoms with Gasteiger partial charge in [-0.25, -0.2) is 0 Å². The van der Waals surface area contributed by atoms with Crippen LogP contribution in [0.25, 0.3) is 0 Å². The molecule has 0 aromatic heterocycles. The normalized spacial score (nSPS) is 12.8. The smallest absolute Gasteiger partial charge is 0.374 e. The molecule has 0 fully saturated rings. The number of rotatable bonds is 24. The molecule has 0 aliphatic rings. The summed E-state index contributed by atoms with van der Waals surface area (Å²) in [5.74, 6) is -0.214. The predicted octanol–water partition coefficient (Wildman–Crippen LogP) is 7.73. The van der Waals surface area contributed by atoms with Gasteiger partial charge in [0.2, 0.25) is 5.78 Å². The number of thioether (sulfide) groups is 1. The summed E-state index contributed by atoms with van der Waals surface area (Å²) < 4.78 is 18.0. The van der Waals surface area contributed by atoms with Crippen molar-refractivity contribution in [3.63, 3.8) is 0 Å². The molecule has 0 radical (unpaired) electrons. The summed E-state index contributed by atoms with van der Waals surface area (Å²) in [6.45, 7) is 12.0. The molecule has 0 spiro atoms. The maximum Gasteiger partial charge on any atom is 0.500 e. The first kappa shape index (κ1) is 32.8. The highest BCUT2D eigenvalue weighted by Crippen LogP contribution is 2.29. The fraction of sp³-hybridized carbons (Fsp3) is 0.923. The number of carbonyl (C=O) groups is 2. The molecule has 1 unspecified atom stereocenters. The van der Waals surface area contributed by atoms with E-state index in [2.05, 4.69) is 13.8 Å². The lowest BCUT2D eigenvalue weighted by molar-refractivity contribution is -0.131. The van der Waals surface area contributed by atoms with Crippen LogP contribution in [0, 0.1) is 0 Å². The molecular formula is C26H52O5SSi. The Morgan fingerprint density at radius 1 is 0.667 bits per heavy atom. The van der Waals surface area contributed by atoms with Crippen LogP contribution in [0.3, 0.4) is 0 Å². The van der Waals surface area contributed by atoms with Crippen LogP contribution < -0.4 is 0 Å². The average Bonchev–Trinajstić information content (AvgIpc) is 2.79. The molecule has 0 heterocycles. The Hall–Kier alpha value is -0.213. The quantitative estimate of drug-likeness (QED) is 0.0761. The summed E-state index contributed by atoms with van der Waals surface area (Å²) in [5, 5.41) is -0.153. The van der Waals surface area contributed by atoms with Crippen LogP contribution >= 0.6 is 11.8 Å². The number of hydrogen-bond acceptors (Lipinski definition) is 6. The molecule has 0 N–H and O–H groups in total. The third kappa shape index (κ3) is 17.0. The van der Waals surface area contributed by atoms with Gasteiger partial charge in [0.15, 0.2) is 0 Å². The predicted molar refractivity (Wildman–Crippen MR) is 143 cm³/mol. The highest BCUT2D eigenvalue weighted by molar-refractivity contribution is 8.15. The highest BCUT2D eigenvalue weighted by Gasteiger charge is 2.40. The Morgan fingerprint density at radius 2 is 1.15 bits per heavy atom. The molecule has 5 nitrogen and oxygen atoms in total. The van der Waals surface area contributed by atoms with Gasteiger partial charge in [0.25, 0.3) is 5.12 Å². The van der Waals surface area contributed by atoms with E-state index in [9.17, 15) is 9.59 Å². The Labute approximate surface area is 209 Å². The molecular weight excluding hydrogens is 452 g/mol. The fourth-order valence-corrected chi connectivity index (χ4v) is 7.93. The van der Waals surface area contributed by atoms with Gasteiger partial charge in [-0.15, -0.1) is 0 Å². The van der Waals surface area contributed by atoms with Crippen molar-refractivity contribution in [2.24, 2.45) is 0 Å². The zero-order valence-corrected chi connectivity index (χ0v) is 24.1. The van der Waals surface area contributed by atoms with Gasteiger partial charge in [-0.1, -0.05) is 89.8 Å². The SMILES string of the molecule is CCCCCCCCC(=O)C(=O)SC(CCCCCCC)CC[Si](OCC)(OCC)OCC. The van der Waals surface area contributed by atoms with E-state index in [-0.39, 0.29) is 16.1 Å². The molecule has 0 saturated carbocycles. The number of carbonyl (C=O) groups excluding carboxylic acids is 2. The van der Waals surface area contributed by atoms with Crippen LogP contribution in [0.4, 0.5) is 0 Å². The fourth-order valence-electron chi connectivity index (χ4n) is 3.96. The molecule has 0 bridgehead atoms. The largest absolute Gasteiger partial charge is 0.500 e. The maximum absolute atomic E-state index is 12.7. The molecule has 0 aliphatic carbocycles. The third-order valence-corrected chi connectivity index (χ3v) is 10.1. The molecule has 1 atom stereocenters. The molecule has 196 valence electrons. The number of Topliss-reactive ketones (excluding diaryl/α,β-unsaturated/α-hetero) is 1. The van der Waals surface area contributed by atoms with Crippen molar-refractivity contribution in [1.82, 2.24) is 0 Å². The molecule has 33 heavy (non-hydrogen) atoms. The lowest BCUT2D eigenvalue weighted by Gasteiger charge is -2.29. The van der Waals surface area contributed by atoms with Crippen LogP contribution in [-0.2, 0) is 22.9 Å². The van der Waals surface area contributed by atoms with E-state index in [0.717, 1.165) is 38.5 Å². The summed E-state index contributed by atoms with van der Waals surface area (Å²) >= 11 is 1.25. The van der Waals surface area contributed by atoms with Gasteiger partial charge in [-0.2, -0.15) is 0 Å². The molecule has 0 saturated heterocycles. The molecule has 0 aromatic rings. The van der Waals surface area contributed by atoms with E-state index in [1.807, 2.05) is 20.8 Å². The summed E-state index contributed by atoms with van der Waals surface area (Å²) in [6, 6.07) is 0.689. The van der Waals surface area contributed by atoms with E-state index >= 15 is 0 Å². The monoisotopic (exact) mass is 504 g/mol. The second kappa shape index (κ2) is 22.3. The Kier molecular flexibility index (Phi) is 22.1. The Balaban J connectivity index is 4.84. The Bertz CT molecular complexity index is 472. The molecule has 0 rings (SSSR count). The summed E-state index contributed by atoms with van der Waals surface area (Å²) in [4.78, 5) is 25.1. The minimum absolute atomic E-state index is 0.112. The van der Waals surface area contributed by atoms with Crippen molar-refractivity contribution >= 4 is 31.5 Å². The lowest BCUT2D eigenvalue weighted by atomic mass is 10.1. The zero-order valence-electron chi connectivity index (χ0n) is 22.3. The lowest BCUT2D eigenvalue weighted by Crippen LogP contribution is -2.46. The average molecular weight is 505 g/mol. The molecule has 0 aromatic carbocycles. The second-order valence-electron chi connectivity index (χ2n) is 8.69. The molecule has 7 heteroatoms. The summed E-state index contributed by atoms with van der Waals surface area (Å²) in [6.07, 6.45) is 14.8. The van der Waals surface area contributed by atoms with E-state index in [4.69, 9.17) is 13.3 Å². The van der Waals surface area contributed by atoms with Crippen molar-refractivity contribution in [2.45, 2.75) is 136 Å². The van der Waals surface area contributed by atoms with Crippen LogP contribution in [-0.4, -0.2) is 44.8 Å². The van der Waals surface area contributed by atoms with Gasteiger partial charge in [-0.05, 0) is 40.0 Å². The van der Waals surface area contributed by atoms with Crippen molar-refractivity contribution in [1.29, 1.82) is 0 Å². The van der Waals surface area contributed by atoms with Gasteiger partial charge in [0.05, 0.1) is 0 Å². The highest BCUT2D eigenvalue weighted by atomic mass is 32.2. The van der Waals surface area contributed by atoms with E-state index < -0.39 is 8.80 Å². The van der Waals surface area contributed by atoms with Gasteiger partial charge >= 0.3 is 8.80 Å². The summed E-state index contributed by atoms with van der Waals surface area (Å²) in [5.41, 5.74) is 0. The van der Waals surface area contributed by atoms with Gasteiger partial charge < -0.3 is 13.3 Å². The number of ketones is 1. The van der Waals surface area contributed by atoms with Crippen LogP contribution in [0.15, 0.2) is 0 Å². The van der Waals surface area contributed by atoms with E-state index in [1.165, 1.54) is 56.7 Å². The molecule has 0 amide bonds. The standard InChI is InChI=1S/C26H52O5SSi/c1-6-11-13-15-17-19-21-25(27)26(28)32-24(20-18-16-14-12-7-2)22-23-33(29-8-3,30-9-4)31-10-5/h24H,6-23H2,1-5H3. The van der Waals surface area contributed by atoms with Gasteiger partial charge in [0.1, 0.15) is 0 Å². The topological polar surface area (TPSA) is 61.8 Å². The van der Waals surface area contributed by atoms with Crippen molar-refractivity contribution in [2.75, 3.05) is 19.8 Å². The van der Waals surface area contributed by atoms with E-state index in [1.54, 1.807) is 0 Å². The maximum atomic E-state index is 12.7. The minimum atomic E-state index is -2.74. The Morgan fingerprint density at radius 3 is 1.67 bits per heavy atom. The van der Waals surface area contributed by atoms with Crippen molar-refractivity contribution in [3.05, 3.63) is 0 Å². The first-order valence-electron chi connectivity index (χ1n) is 13.6. The summed E-state index contributed by atoms with van der Waals surface area (Å²) in [7, 11) is -2.74. The van der Waals surface area contributed by atoms with E-state index in [0.29, 0.717) is 32.3 Å². The van der Waals surface area contributed by atoms with Gasteiger partial charge in [-0.3, -0.25) is 9.59 Å². The third-order valence-electron chi connectivity index (χ3n) is 5.75. The van der Waals surface area contributed by atoms with Gasteiger partial charge in [0, 0.05) is 37.5 Å². The first-order chi connectivity index (χ1) is 16.0. The van der Waals surface area contributed by atoms with Crippen molar-refractivity contribution in [3.8, 4) is 0 Å². The van der Waals surface area contributed by atoms with Crippen LogP contribution in [0.5, 0.6) is 0 Å². The number of hydrogen-bond donors (Lipinski definition) is 0. The zero-order chi connectivity index (χ0) is 24.8. The second-order valence-corrected chi connectivity index (χ2v) is 12.7. The van der Waals surface area contributed by atoms with Crippen molar-refractivity contribution < 1.29 is 22.9 Å². The molecule has 0 aliphatic heterocycles. The minimum Gasteiger partial charge on any atom is -0.374 e. The van der Waals surface area contributed by atoms with Crippen LogP contribution in [0.1, 0.15) is 125 Å². The number of unbranched alkanes of at least 4 members (excludes halogenated alkanes) is 9. The van der Waals surface area contributed by atoms with Crippen LogP contribution in [0.2, 0.25) is 6.04 Å². The first-order valence-corrected chi connectivity index (χ1v) is 16.4.